The van der Waals surface area contributed by atoms with Crippen molar-refractivity contribution in [3.8, 4) is 0 Å². The molecule has 2 amide bonds. The summed E-state index contributed by atoms with van der Waals surface area (Å²) < 4.78 is 0. The first kappa shape index (κ1) is 19.5. The van der Waals surface area contributed by atoms with Gasteiger partial charge >= 0.3 is 0 Å². The van der Waals surface area contributed by atoms with Crippen molar-refractivity contribution in [1.82, 2.24) is 10.2 Å². The molecular weight excluding hydrogens is 314 g/mol. The van der Waals surface area contributed by atoms with Gasteiger partial charge in [-0.05, 0) is 37.6 Å². The van der Waals surface area contributed by atoms with Crippen LogP contribution in [-0.4, -0.2) is 42.4 Å². The topological polar surface area (TPSA) is 61.4 Å². The highest BCUT2D eigenvalue weighted by Crippen LogP contribution is 2.17. The second-order valence-corrected chi connectivity index (χ2v) is 5.63. The van der Waals surface area contributed by atoms with Crippen LogP contribution < -0.4 is 10.6 Å². The van der Waals surface area contributed by atoms with Gasteiger partial charge in [-0.15, -0.1) is 12.4 Å². The van der Waals surface area contributed by atoms with E-state index in [4.69, 9.17) is 0 Å². The first-order chi connectivity index (χ1) is 10.7. The molecule has 6 heteroatoms. The van der Waals surface area contributed by atoms with Gasteiger partial charge in [0.1, 0.15) is 0 Å². The number of carbonyl (C=O) groups is 2. The zero-order valence-corrected chi connectivity index (χ0v) is 14.6. The van der Waals surface area contributed by atoms with Gasteiger partial charge in [0.05, 0.1) is 0 Å². The summed E-state index contributed by atoms with van der Waals surface area (Å²) in [7, 11) is 0. The predicted molar refractivity (Wildman–Crippen MR) is 95.2 cm³/mol. The zero-order valence-electron chi connectivity index (χ0n) is 13.8. The molecular formula is C17H26ClN3O2. The van der Waals surface area contributed by atoms with Gasteiger partial charge in [0.25, 0.3) is 5.91 Å². The highest BCUT2D eigenvalue weighted by molar-refractivity contribution is 5.97. The fourth-order valence-corrected chi connectivity index (χ4v) is 2.74. The van der Waals surface area contributed by atoms with Crippen LogP contribution in [0.5, 0.6) is 0 Å². The van der Waals surface area contributed by atoms with Crippen molar-refractivity contribution in [3.05, 3.63) is 29.8 Å². The number of halogens is 1. The highest BCUT2D eigenvalue weighted by atomic mass is 35.5. The van der Waals surface area contributed by atoms with Gasteiger partial charge in [0.15, 0.2) is 0 Å². The largest absolute Gasteiger partial charge is 0.334 e. The SMILES string of the molecule is CCCN(C(=O)c1cccc(NC(=O)CC)c1)C1CCNC1.Cl. The summed E-state index contributed by atoms with van der Waals surface area (Å²) in [6, 6.07) is 7.47. The molecule has 1 aliphatic heterocycles. The van der Waals surface area contributed by atoms with Crippen molar-refractivity contribution >= 4 is 29.9 Å². The third-order valence-corrected chi connectivity index (χ3v) is 3.91. The van der Waals surface area contributed by atoms with Crippen molar-refractivity contribution < 1.29 is 9.59 Å². The molecule has 2 N–H and O–H groups in total. The van der Waals surface area contributed by atoms with Crippen LogP contribution in [0.4, 0.5) is 5.69 Å². The Balaban J connectivity index is 0.00000264. The monoisotopic (exact) mass is 339 g/mol. The van der Waals surface area contributed by atoms with Gasteiger partial charge in [0.2, 0.25) is 5.91 Å². The van der Waals surface area contributed by atoms with Crippen molar-refractivity contribution in [2.45, 2.75) is 39.2 Å². The number of anilines is 1. The third kappa shape index (κ3) is 5.22. The molecule has 0 bridgehead atoms. The van der Waals surface area contributed by atoms with Gasteiger partial charge in [0, 0.05) is 36.8 Å². The maximum Gasteiger partial charge on any atom is 0.254 e. The maximum atomic E-state index is 12.8. The minimum atomic E-state index is -0.0463. The number of hydrogen-bond donors (Lipinski definition) is 2. The Morgan fingerprint density at radius 1 is 1.35 bits per heavy atom. The van der Waals surface area contributed by atoms with Crippen LogP contribution in [0.15, 0.2) is 24.3 Å². The quantitative estimate of drug-likeness (QED) is 0.837. The number of hydrogen-bond acceptors (Lipinski definition) is 3. The van der Waals surface area contributed by atoms with E-state index in [0.29, 0.717) is 17.7 Å². The van der Waals surface area contributed by atoms with E-state index in [1.54, 1.807) is 13.0 Å². The standard InChI is InChI=1S/C17H25N3O2.ClH/c1-3-10-20(15-8-9-18-12-15)17(22)13-6-5-7-14(11-13)19-16(21)4-2;/h5-7,11,15,18H,3-4,8-10,12H2,1-2H3,(H,19,21);1H. The number of amides is 2. The normalized spacial score (nSPS) is 16.5. The molecule has 1 unspecified atom stereocenters. The lowest BCUT2D eigenvalue weighted by atomic mass is 10.1. The number of rotatable bonds is 6. The molecule has 1 saturated heterocycles. The molecule has 23 heavy (non-hydrogen) atoms. The second-order valence-electron chi connectivity index (χ2n) is 5.63. The average Bonchev–Trinajstić information content (AvgIpc) is 3.06. The molecule has 1 fully saturated rings. The van der Waals surface area contributed by atoms with Crippen LogP contribution in [0.3, 0.4) is 0 Å². The number of benzene rings is 1. The van der Waals surface area contributed by atoms with Gasteiger partial charge < -0.3 is 15.5 Å². The van der Waals surface area contributed by atoms with Crippen molar-refractivity contribution in [2.24, 2.45) is 0 Å². The highest BCUT2D eigenvalue weighted by Gasteiger charge is 2.26. The molecule has 128 valence electrons. The molecule has 0 saturated carbocycles. The van der Waals surface area contributed by atoms with Crippen molar-refractivity contribution in [3.63, 3.8) is 0 Å². The van der Waals surface area contributed by atoms with E-state index in [0.717, 1.165) is 32.5 Å². The number of nitrogens with one attached hydrogen (secondary N) is 2. The molecule has 0 aliphatic carbocycles. The summed E-state index contributed by atoms with van der Waals surface area (Å²) in [5.41, 5.74) is 1.31. The first-order valence-electron chi connectivity index (χ1n) is 8.07. The summed E-state index contributed by atoms with van der Waals surface area (Å²) >= 11 is 0. The van der Waals surface area contributed by atoms with Gasteiger partial charge in [-0.1, -0.05) is 19.9 Å². The third-order valence-electron chi connectivity index (χ3n) is 3.91. The Bertz CT molecular complexity index is 530. The summed E-state index contributed by atoms with van der Waals surface area (Å²) in [5.74, 6) is -0.00171. The summed E-state index contributed by atoms with van der Waals surface area (Å²) in [5, 5.41) is 6.12. The molecule has 2 rings (SSSR count). The van der Waals surface area contributed by atoms with E-state index >= 15 is 0 Å². The minimum absolute atomic E-state index is 0. The zero-order chi connectivity index (χ0) is 15.9. The summed E-state index contributed by atoms with van der Waals surface area (Å²) in [6.07, 6.45) is 2.36. The maximum absolute atomic E-state index is 12.8. The van der Waals surface area contributed by atoms with E-state index < -0.39 is 0 Å². The Morgan fingerprint density at radius 2 is 2.13 bits per heavy atom. The minimum Gasteiger partial charge on any atom is -0.334 e. The molecule has 1 heterocycles. The van der Waals surface area contributed by atoms with Crippen molar-refractivity contribution in [2.75, 3.05) is 25.0 Å². The summed E-state index contributed by atoms with van der Waals surface area (Å²) in [6.45, 7) is 6.47. The van der Waals surface area contributed by atoms with Crippen LogP contribution in [0.25, 0.3) is 0 Å². The van der Waals surface area contributed by atoms with Gasteiger partial charge in [-0.3, -0.25) is 9.59 Å². The van der Waals surface area contributed by atoms with E-state index in [2.05, 4.69) is 17.6 Å². The van der Waals surface area contributed by atoms with E-state index in [9.17, 15) is 9.59 Å². The molecule has 1 atom stereocenters. The molecule has 0 spiro atoms. The Hall–Kier alpha value is -1.59. The smallest absolute Gasteiger partial charge is 0.254 e. The Labute approximate surface area is 144 Å². The van der Waals surface area contributed by atoms with Crippen LogP contribution in [0.1, 0.15) is 43.5 Å². The molecule has 0 aromatic heterocycles. The van der Waals surface area contributed by atoms with Crippen LogP contribution >= 0.6 is 12.4 Å². The molecule has 1 aromatic carbocycles. The number of carbonyl (C=O) groups excluding carboxylic acids is 2. The average molecular weight is 340 g/mol. The summed E-state index contributed by atoms with van der Waals surface area (Å²) in [4.78, 5) is 26.3. The van der Waals surface area contributed by atoms with Crippen LogP contribution in [0.2, 0.25) is 0 Å². The Kier molecular flexibility index (Phi) is 8.06. The number of nitrogens with zero attached hydrogens (tertiary/aromatic N) is 1. The fourth-order valence-electron chi connectivity index (χ4n) is 2.74. The lowest BCUT2D eigenvalue weighted by Crippen LogP contribution is -2.42. The van der Waals surface area contributed by atoms with Crippen molar-refractivity contribution in [1.29, 1.82) is 0 Å². The van der Waals surface area contributed by atoms with Gasteiger partial charge in [-0.25, -0.2) is 0 Å². The Morgan fingerprint density at radius 3 is 2.74 bits per heavy atom. The van der Waals surface area contributed by atoms with E-state index in [1.807, 2.05) is 23.1 Å². The molecule has 0 radical (unpaired) electrons. The lowest BCUT2D eigenvalue weighted by Gasteiger charge is -2.28. The molecule has 1 aromatic rings. The van der Waals surface area contributed by atoms with E-state index in [1.165, 1.54) is 0 Å². The molecule has 1 aliphatic rings. The van der Waals surface area contributed by atoms with Gasteiger partial charge in [-0.2, -0.15) is 0 Å². The molecule has 5 nitrogen and oxygen atoms in total. The first-order valence-corrected chi connectivity index (χ1v) is 8.07. The van der Waals surface area contributed by atoms with Crippen LogP contribution in [0, 0.1) is 0 Å². The fraction of sp³-hybridized carbons (Fsp3) is 0.529. The second kappa shape index (κ2) is 9.53. The van der Waals surface area contributed by atoms with E-state index in [-0.39, 0.29) is 30.3 Å². The van der Waals surface area contributed by atoms with Crippen LogP contribution in [-0.2, 0) is 4.79 Å². The lowest BCUT2D eigenvalue weighted by molar-refractivity contribution is -0.115. The predicted octanol–water partition coefficient (Wildman–Crippen LogP) is 2.67.